The van der Waals surface area contributed by atoms with E-state index in [9.17, 15) is 8.42 Å². The Morgan fingerprint density at radius 1 is 0.625 bits per heavy atom. The Morgan fingerprint density at radius 2 is 1.17 bits per heavy atom. The molecule has 6 aromatic rings. The van der Waals surface area contributed by atoms with Crippen molar-refractivity contribution in [2.24, 2.45) is 0 Å². The summed E-state index contributed by atoms with van der Waals surface area (Å²) in [4.78, 5) is 2.77. The van der Waals surface area contributed by atoms with E-state index in [2.05, 4.69) is 46.6 Å². The molecule has 238 valence electrons. The molecule has 0 amide bonds. The quantitative estimate of drug-likeness (QED) is 0.138. The van der Waals surface area contributed by atoms with Crippen molar-refractivity contribution in [3.05, 3.63) is 168 Å². The highest BCUT2D eigenvalue weighted by atomic mass is 32.2. The highest BCUT2D eigenvalue weighted by Gasteiger charge is 2.50. The molecule has 6 nitrogen and oxygen atoms in total. The van der Waals surface area contributed by atoms with Crippen LogP contribution in [0.15, 0.2) is 168 Å². The average Bonchev–Trinajstić information content (AvgIpc) is 3.41. The molecule has 3 atom stereocenters. The van der Waals surface area contributed by atoms with Gasteiger partial charge in [-0.2, -0.15) is 0 Å². The average molecular weight is 650 g/mol. The number of anilines is 3. The summed E-state index contributed by atoms with van der Waals surface area (Å²) in [5, 5.41) is 18.8. The molecule has 7 heteroatoms. The zero-order valence-electron chi connectivity index (χ0n) is 26.3. The second-order valence-electron chi connectivity index (χ2n) is 12.5. The molecule has 0 aromatic heterocycles. The van der Waals surface area contributed by atoms with E-state index in [1.54, 1.807) is 42.5 Å². The summed E-state index contributed by atoms with van der Waals surface area (Å²) in [6.07, 6.45) is 0.776. The summed E-state index contributed by atoms with van der Waals surface area (Å²) in [5.74, 6) is 0.0818. The fraction of sp³-hybridized carbons (Fsp3) is 0.122. The van der Waals surface area contributed by atoms with E-state index in [4.69, 9.17) is 0 Å². The minimum absolute atomic E-state index is 0.0818. The second-order valence-corrected chi connectivity index (χ2v) is 14.4. The Balaban J connectivity index is 1.14. The predicted molar refractivity (Wildman–Crippen MR) is 194 cm³/mol. The third kappa shape index (κ3) is 5.12. The standard InChI is InChI=1S/C41H35N3O3S/c45-44(35-21-16-30(17-22-35)31-18-23-37(24-19-31)48(46,47)36-14-8-3-9-15-36)40-25-20-34(28-38(40)39-29-42-27-26-41(39)44)43(32-10-4-1-5-11-32)33-12-6-2-7-13-33/h1-25,28,39,41-42H,26-27,29H2. The van der Waals surface area contributed by atoms with E-state index >= 15 is 5.21 Å². The van der Waals surface area contributed by atoms with Gasteiger partial charge in [-0.1, -0.05) is 66.7 Å². The third-order valence-corrected chi connectivity index (χ3v) is 11.6. The van der Waals surface area contributed by atoms with Gasteiger partial charge in [-0.25, -0.2) is 8.42 Å². The van der Waals surface area contributed by atoms with Crippen LogP contribution in [0.4, 0.5) is 28.4 Å². The number of fused-ring (bicyclic) bond motifs is 3. The highest BCUT2D eigenvalue weighted by Crippen LogP contribution is 2.54. The van der Waals surface area contributed by atoms with E-state index in [1.807, 2.05) is 78.9 Å². The van der Waals surface area contributed by atoms with Crippen molar-refractivity contribution in [3.8, 4) is 11.1 Å². The van der Waals surface area contributed by atoms with Crippen LogP contribution in [0.2, 0.25) is 0 Å². The molecule has 0 saturated carbocycles. The fourth-order valence-electron chi connectivity index (χ4n) is 7.43. The molecule has 2 aliphatic heterocycles. The monoisotopic (exact) mass is 649 g/mol. The number of rotatable bonds is 7. The first-order valence-electron chi connectivity index (χ1n) is 16.3. The van der Waals surface area contributed by atoms with E-state index in [0.29, 0.717) is 5.69 Å². The number of hydrogen-bond acceptors (Lipinski definition) is 5. The number of benzene rings is 6. The lowest BCUT2D eigenvalue weighted by atomic mass is 9.89. The van der Waals surface area contributed by atoms with Crippen LogP contribution in [0.5, 0.6) is 0 Å². The summed E-state index contributed by atoms with van der Waals surface area (Å²) in [5.41, 5.74) is 7.54. The van der Waals surface area contributed by atoms with Crippen molar-refractivity contribution in [2.75, 3.05) is 18.0 Å². The molecule has 1 saturated heterocycles. The lowest BCUT2D eigenvalue weighted by Crippen LogP contribution is -2.51. The predicted octanol–water partition coefficient (Wildman–Crippen LogP) is 9.25. The van der Waals surface area contributed by atoms with Crippen molar-refractivity contribution in [3.63, 3.8) is 0 Å². The molecule has 0 bridgehead atoms. The van der Waals surface area contributed by atoms with E-state index < -0.39 is 14.5 Å². The number of para-hydroxylation sites is 2. The van der Waals surface area contributed by atoms with Crippen LogP contribution in [-0.2, 0) is 9.84 Å². The normalized spacial score (nSPS) is 20.1. The first-order valence-corrected chi connectivity index (χ1v) is 17.8. The minimum Gasteiger partial charge on any atom is -0.622 e. The summed E-state index contributed by atoms with van der Waals surface area (Å²) < 4.78 is 25.7. The fourth-order valence-corrected chi connectivity index (χ4v) is 8.71. The highest BCUT2D eigenvalue weighted by molar-refractivity contribution is 7.91. The lowest BCUT2D eigenvalue weighted by molar-refractivity contribution is 0.291. The molecule has 0 radical (unpaired) electrons. The van der Waals surface area contributed by atoms with Gasteiger partial charge in [0.15, 0.2) is 0 Å². The molecule has 3 unspecified atom stereocenters. The first kappa shape index (κ1) is 30.3. The molecule has 8 rings (SSSR count). The molecule has 48 heavy (non-hydrogen) atoms. The lowest BCUT2D eigenvalue weighted by Gasteiger charge is -2.46. The molecular formula is C41H35N3O3S. The third-order valence-electron chi connectivity index (χ3n) is 9.77. The maximum absolute atomic E-state index is 15.3. The molecular weight excluding hydrogens is 615 g/mol. The minimum atomic E-state index is -3.60. The number of sulfone groups is 1. The molecule has 0 spiro atoms. The van der Waals surface area contributed by atoms with Gasteiger partial charge in [-0.3, -0.25) is 4.65 Å². The summed E-state index contributed by atoms with van der Waals surface area (Å²) in [7, 11) is -3.60. The van der Waals surface area contributed by atoms with Crippen LogP contribution in [0, 0.1) is 5.21 Å². The van der Waals surface area contributed by atoms with Gasteiger partial charge in [-0.05, 0) is 83.9 Å². The molecule has 1 N–H and O–H groups in total. The van der Waals surface area contributed by atoms with Crippen molar-refractivity contribution in [2.45, 2.75) is 28.2 Å². The Hall–Kier alpha value is -5.05. The van der Waals surface area contributed by atoms with Crippen LogP contribution in [0.3, 0.4) is 0 Å². The van der Waals surface area contributed by atoms with Gasteiger partial charge in [0.1, 0.15) is 17.4 Å². The zero-order chi connectivity index (χ0) is 32.7. The van der Waals surface area contributed by atoms with Crippen LogP contribution in [-0.4, -0.2) is 27.5 Å². The summed E-state index contributed by atoms with van der Waals surface area (Å²) >= 11 is 0. The summed E-state index contributed by atoms with van der Waals surface area (Å²) in [6.45, 7) is 1.57. The number of nitrogens with one attached hydrogen (secondary N) is 1. The van der Waals surface area contributed by atoms with Crippen molar-refractivity contribution < 1.29 is 8.42 Å². The first-order chi connectivity index (χ1) is 23.4. The van der Waals surface area contributed by atoms with E-state index in [1.165, 1.54) is 0 Å². The van der Waals surface area contributed by atoms with Crippen LogP contribution in [0.25, 0.3) is 11.1 Å². The number of piperidine rings is 1. The van der Waals surface area contributed by atoms with Crippen LogP contribution < -0.4 is 14.9 Å². The Bertz CT molecular complexity index is 2120. The maximum atomic E-state index is 15.3. The molecule has 1 fully saturated rings. The molecule has 6 aromatic carbocycles. The number of quaternary nitrogens is 1. The van der Waals surface area contributed by atoms with Gasteiger partial charge in [-0.15, -0.1) is 0 Å². The molecule has 0 aliphatic carbocycles. The van der Waals surface area contributed by atoms with Crippen molar-refractivity contribution in [1.29, 1.82) is 0 Å². The van der Waals surface area contributed by atoms with Gasteiger partial charge < -0.3 is 15.4 Å². The maximum Gasteiger partial charge on any atom is 0.206 e. The Morgan fingerprint density at radius 3 is 1.77 bits per heavy atom. The Kier molecular flexibility index (Phi) is 7.70. The topological polar surface area (TPSA) is 72.5 Å². The van der Waals surface area contributed by atoms with Gasteiger partial charge in [0.2, 0.25) is 9.84 Å². The van der Waals surface area contributed by atoms with Gasteiger partial charge in [0.25, 0.3) is 0 Å². The van der Waals surface area contributed by atoms with Gasteiger partial charge in [0.05, 0.1) is 15.7 Å². The van der Waals surface area contributed by atoms with E-state index in [-0.39, 0.29) is 21.8 Å². The zero-order valence-corrected chi connectivity index (χ0v) is 27.1. The Labute approximate surface area is 281 Å². The largest absolute Gasteiger partial charge is 0.622 e. The van der Waals surface area contributed by atoms with E-state index in [0.717, 1.165) is 59.0 Å². The van der Waals surface area contributed by atoms with Gasteiger partial charge in [0, 0.05) is 60.3 Å². The number of hydroxylamine groups is 1. The van der Waals surface area contributed by atoms with Crippen LogP contribution >= 0.6 is 0 Å². The smallest absolute Gasteiger partial charge is 0.206 e. The second kappa shape index (κ2) is 12.2. The van der Waals surface area contributed by atoms with Crippen LogP contribution in [0.1, 0.15) is 17.9 Å². The molecule has 2 aliphatic rings. The van der Waals surface area contributed by atoms with Crippen molar-refractivity contribution in [1.82, 2.24) is 9.96 Å². The van der Waals surface area contributed by atoms with Gasteiger partial charge >= 0.3 is 0 Å². The molecule has 2 heterocycles. The SMILES string of the molecule is O=S(=O)(c1ccccc1)c1ccc(-c2ccc([N+]3([O-])c4ccc(N(c5ccccc5)c5ccccc5)cc4C4CNCCC43)cc2)cc1. The number of nitrogens with zero attached hydrogens (tertiary/aromatic N) is 2. The van der Waals surface area contributed by atoms with Crippen molar-refractivity contribution >= 4 is 38.3 Å². The summed E-state index contributed by atoms with van der Waals surface area (Å²) in [6, 6.07) is 50.1. The number of hydrogen-bond donors (Lipinski definition) is 1.